The van der Waals surface area contributed by atoms with E-state index in [0.29, 0.717) is 12.8 Å². The number of nitrogens with one attached hydrogen (secondary N) is 1. The van der Waals surface area contributed by atoms with Crippen molar-refractivity contribution in [2.75, 3.05) is 0 Å². The maximum Gasteiger partial charge on any atom is 0.308 e. The van der Waals surface area contributed by atoms with Crippen molar-refractivity contribution in [2.45, 2.75) is 25.3 Å². The van der Waals surface area contributed by atoms with E-state index in [1.165, 1.54) is 18.3 Å². The Balaban J connectivity index is 2.08. The molecule has 96 valence electrons. The largest absolute Gasteiger partial charge is 0.505 e. The first-order valence-corrected chi connectivity index (χ1v) is 5.77. The second-order valence-electron chi connectivity index (χ2n) is 4.33. The fraction of sp³-hybridized carbons (Fsp3) is 0.417. The van der Waals surface area contributed by atoms with E-state index < -0.39 is 23.8 Å². The van der Waals surface area contributed by atoms with Crippen molar-refractivity contribution in [1.82, 2.24) is 10.3 Å². The Morgan fingerprint density at radius 1 is 1.39 bits per heavy atom. The summed E-state index contributed by atoms with van der Waals surface area (Å²) in [6.07, 6.45) is 3.37. The molecule has 1 fully saturated rings. The van der Waals surface area contributed by atoms with Crippen LogP contribution in [0.15, 0.2) is 18.3 Å². The Labute approximate surface area is 104 Å². The molecule has 0 aromatic carbocycles. The van der Waals surface area contributed by atoms with Gasteiger partial charge in [0.25, 0.3) is 5.91 Å². The molecule has 6 nitrogen and oxygen atoms in total. The molecule has 0 aliphatic heterocycles. The van der Waals surface area contributed by atoms with Gasteiger partial charge >= 0.3 is 5.97 Å². The molecule has 1 aliphatic carbocycles. The summed E-state index contributed by atoms with van der Waals surface area (Å²) in [6.45, 7) is 0. The third-order valence-electron chi connectivity index (χ3n) is 3.15. The normalized spacial score (nSPS) is 22.7. The van der Waals surface area contributed by atoms with Crippen LogP contribution in [0.5, 0.6) is 5.75 Å². The Hall–Kier alpha value is -2.11. The van der Waals surface area contributed by atoms with Gasteiger partial charge in [-0.1, -0.05) is 6.42 Å². The van der Waals surface area contributed by atoms with Gasteiger partial charge in [0.1, 0.15) is 5.75 Å². The smallest absolute Gasteiger partial charge is 0.308 e. The summed E-state index contributed by atoms with van der Waals surface area (Å²) in [5.74, 6) is -2.20. The molecule has 2 rings (SSSR count). The number of carboxylic acid groups (broad SMARTS) is 1. The number of pyridine rings is 1. The van der Waals surface area contributed by atoms with Crippen molar-refractivity contribution in [3.05, 3.63) is 24.0 Å². The molecule has 1 heterocycles. The van der Waals surface area contributed by atoms with Gasteiger partial charge in [0.2, 0.25) is 0 Å². The highest BCUT2D eigenvalue weighted by Gasteiger charge is 2.34. The highest BCUT2D eigenvalue weighted by molar-refractivity contribution is 5.95. The molecule has 1 aromatic rings. The number of rotatable bonds is 3. The molecule has 3 N–H and O–H groups in total. The van der Waals surface area contributed by atoms with E-state index in [0.717, 1.165) is 6.42 Å². The zero-order valence-electron chi connectivity index (χ0n) is 9.67. The first-order chi connectivity index (χ1) is 8.59. The third-order valence-corrected chi connectivity index (χ3v) is 3.15. The minimum atomic E-state index is -0.900. The van der Waals surface area contributed by atoms with Crippen molar-refractivity contribution in [3.63, 3.8) is 0 Å². The van der Waals surface area contributed by atoms with Gasteiger partial charge in [-0.3, -0.25) is 9.59 Å². The highest BCUT2D eigenvalue weighted by atomic mass is 16.4. The summed E-state index contributed by atoms with van der Waals surface area (Å²) in [5.41, 5.74) is -0.0754. The predicted octanol–water partition coefficient (Wildman–Crippen LogP) is 0.770. The minimum absolute atomic E-state index is 0.0754. The van der Waals surface area contributed by atoms with Crippen LogP contribution in [-0.4, -0.2) is 33.1 Å². The van der Waals surface area contributed by atoms with Crippen LogP contribution in [0.25, 0.3) is 0 Å². The van der Waals surface area contributed by atoms with E-state index >= 15 is 0 Å². The van der Waals surface area contributed by atoms with Gasteiger partial charge < -0.3 is 15.5 Å². The maximum absolute atomic E-state index is 11.9. The molecule has 18 heavy (non-hydrogen) atoms. The fourth-order valence-electron chi connectivity index (χ4n) is 2.24. The van der Waals surface area contributed by atoms with Gasteiger partial charge in [0.05, 0.1) is 5.92 Å². The Bertz CT molecular complexity index is 475. The molecule has 6 heteroatoms. The lowest BCUT2D eigenvalue weighted by atomic mass is 10.0. The number of carbonyl (C=O) groups is 2. The van der Waals surface area contributed by atoms with Gasteiger partial charge in [-0.15, -0.1) is 0 Å². The number of aromatic hydroxyl groups is 1. The third kappa shape index (κ3) is 2.42. The van der Waals surface area contributed by atoms with Crippen LogP contribution in [0, 0.1) is 5.92 Å². The number of aromatic nitrogens is 1. The van der Waals surface area contributed by atoms with Crippen LogP contribution in [0.1, 0.15) is 29.8 Å². The van der Waals surface area contributed by atoms with E-state index in [4.69, 9.17) is 5.11 Å². The zero-order chi connectivity index (χ0) is 13.1. The second kappa shape index (κ2) is 5.03. The lowest BCUT2D eigenvalue weighted by Gasteiger charge is -2.17. The highest BCUT2D eigenvalue weighted by Crippen LogP contribution is 2.26. The number of carboxylic acids is 1. The zero-order valence-corrected chi connectivity index (χ0v) is 9.67. The number of hydrogen-bond donors (Lipinski definition) is 3. The van der Waals surface area contributed by atoms with Crippen molar-refractivity contribution in [1.29, 1.82) is 0 Å². The van der Waals surface area contributed by atoms with Crippen LogP contribution in [-0.2, 0) is 4.79 Å². The Morgan fingerprint density at radius 2 is 2.17 bits per heavy atom. The molecule has 1 saturated carbocycles. The van der Waals surface area contributed by atoms with E-state index in [1.807, 2.05) is 0 Å². The van der Waals surface area contributed by atoms with Crippen molar-refractivity contribution in [2.24, 2.45) is 5.92 Å². The second-order valence-corrected chi connectivity index (χ2v) is 4.33. The van der Waals surface area contributed by atoms with Crippen LogP contribution < -0.4 is 5.32 Å². The van der Waals surface area contributed by atoms with E-state index in [1.54, 1.807) is 0 Å². The Morgan fingerprint density at radius 3 is 2.83 bits per heavy atom. The molecule has 2 unspecified atom stereocenters. The molecule has 1 aromatic heterocycles. The summed E-state index contributed by atoms with van der Waals surface area (Å²) in [6, 6.07) is 2.49. The fourth-order valence-corrected chi connectivity index (χ4v) is 2.24. The summed E-state index contributed by atoms with van der Waals surface area (Å²) in [4.78, 5) is 26.6. The number of carbonyl (C=O) groups excluding carboxylic acids is 1. The first-order valence-electron chi connectivity index (χ1n) is 5.77. The Kier molecular flexibility index (Phi) is 3.45. The number of amides is 1. The minimum Gasteiger partial charge on any atom is -0.505 e. The average molecular weight is 250 g/mol. The van der Waals surface area contributed by atoms with Crippen LogP contribution in [0.3, 0.4) is 0 Å². The van der Waals surface area contributed by atoms with Gasteiger partial charge in [0, 0.05) is 12.2 Å². The van der Waals surface area contributed by atoms with E-state index in [2.05, 4.69) is 10.3 Å². The van der Waals surface area contributed by atoms with Gasteiger partial charge in [-0.2, -0.15) is 0 Å². The quantitative estimate of drug-likeness (QED) is 0.735. The summed E-state index contributed by atoms with van der Waals surface area (Å²) in [5, 5.41) is 21.1. The molecule has 2 atom stereocenters. The van der Waals surface area contributed by atoms with Crippen LogP contribution in [0.2, 0.25) is 0 Å². The lowest BCUT2D eigenvalue weighted by Crippen LogP contribution is -2.40. The molecule has 0 spiro atoms. The van der Waals surface area contributed by atoms with Crippen LogP contribution >= 0.6 is 0 Å². The first kappa shape index (κ1) is 12.3. The average Bonchev–Trinajstić information content (AvgIpc) is 2.77. The molecular weight excluding hydrogens is 236 g/mol. The van der Waals surface area contributed by atoms with Crippen molar-refractivity contribution in [3.8, 4) is 5.75 Å². The van der Waals surface area contributed by atoms with Gasteiger partial charge in [0.15, 0.2) is 5.69 Å². The SMILES string of the molecule is O=C(NC1CCCC1C(=O)O)c1ncccc1O. The van der Waals surface area contributed by atoms with Gasteiger partial charge in [-0.25, -0.2) is 4.98 Å². The van der Waals surface area contributed by atoms with Gasteiger partial charge in [-0.05, 0) is 25.0 Å². The summed E-state index contributed by atoms with van der Waals surface area (Å²) >= 11 is 0. The molecule has 1 aliphatic rings. The topological polar surface area (TPSA) is 99.5 Å². The number of nitrogens with zero attached hydrogens (tertiary/aromatic N) is 1. The molecule has 0 saturated heterocycles. The van der Waals surface area contributed by atoms with E-state index in [-0.39, 0.29) is 11.4 Å². The van der Waals surface area contributed by atoms with Crippen LogP contribution in [0.4, 0.5) is 0 Å². The standard InChI is InChI=1S/C12H14N2O4/c15-9-5-2-6-13-10(9)11(16)14-8-4-1-3-7(8)12(17)18/h2,5-8,15H,1,3-4H2,(H,14,16)(H,17,18). The predicted molar refractivity (Wildman–Crippen MR) is 62.1 cm³/mol. The van der Waals surface area contributed by atoms with E-state index in [9.17, 15) is 14.7 Å². The number of hydrogen-bond acceptors (Lipinski definition) is 4. The summed E-state index contributed by atoms with van der Waals surface area (Å²) in [7, 11) is 0. The van der Waals surface area contributed by atoms with Crippen molar-refractivity contribution < 1.29 is 19.8 Å². The van der Waals surface area contributed by atoms with Crippen molar-refractivity contribution >= 4 is 11.9 Å². The molecular formula is C12H14N2O4. The number of aliphatic carboxylic acids is 1. The maximum atomic E-state index is 11.9. The molecule has 1 amide bonds. The lowest BCUT2D eigenvalue weighted by molar-refractivity contribution is -0.142. The molecule has 0 radical (unpaired) electrons. The molecule has 0 bridgehead atoms. The monoisotopic (exact) mass is 250 g/mol. The summed E-state index contributed by atoms with van der Waals surface area (Å²) < 4.78 is 0.